The molecule has 3 aromatic carbocycles. The van der Waals surface area contributed by atoms with Crippen LogP contribution in [0.5, 0.6) is 0 Å². The van der Waals surface area contributed by atoms with Crippen LogP contribution in [-0.4, -0.2) is 40.8 Å². The third kappa shape index (κ3) is 5.72. The van der Waals surface area contributed by atoms with Crippen molar-refractivity contribution in [2.24, 2.45) is 0 Å². The summed E-state index contributed by atoms with van der Waals surface area (Å²) in [5.74, 6) is -0.190. The van der Waals surface area contributed by atoms with Crippen LogP contribution in [0.4, 0.5) is 5.95 Å². The Kier molecular flexibility index (Phi) is 7.09. The lowest BCUT2D eigenvalue weighted by molar-refractivity contribution is -0.116. The molecule has 0 aliphatic heterocycles. The molecule has 1 heterocycles. The van der Waals surface area contributed by atoms with Crippen molar-refractivity contribution in [2.75, 3.05) is 11.9 Å². The van der Waals surface area contributed by atoms with Crippen LogP contribution in [0.15, 0.2) is 83.9 Å². The minimum absolute atomic E-state index is 0.0998. The molecule has 7 nitrogen and oxygen atoms in total. The molecule has 1 aliphatic carbocycles. The van der Waals surface area contributed by atoms with Crippen LogP contribution < -0.4 is 5.32 Å². The standard InChI is InChI=1S/C27H24Cl2N4O3S/c1-18-2-10-22(11-3-18)32-16-25(19-4-6-20(28)7-5-19)30-27(32)31-26(34)17-33(23-12-13-23)37(35,36)24-14-8-21(29)9-15-24/h2-11,14-16,23H,12-13,17H2,1H3,(H,30,31,34). The number of carbonyl (C=O) groups is 1. The van der Waals surface area contributed by atoms with Crippen molar-refractivity contribution in [1.29, 1.82) is 0 Å². The summed E-state index contributed by atoms with van der Waals surface area (Å²) < 4.78 is 29.7. The number of carbonyl (C=O) groups excluding carboxylic acids is 1. The highest BCUT2D eigenvalue weighted by atomic mass is 35.5. The van der Waals surface area contributed by atoms with Crippen LogP contribution in [0.3, 0.4) is 0 Å². The summed E-state index contributed by atoms with van der Waals surface area (Å²) in [5.41, 5.74) is 3.37. The van der Waals surface area contributed by atoms with E-state index in [1.54, 1.807) is 16.7 Å². The first-order valence-electron chi connectivity index (χ1n) is 11.7. The maximum Gasteiger partial charge on any atom is 0.243 e. The van der Waals surface area contributed by atoms with Crippen LogP contribution in [-0.2, 0) is 14.8 Å². The van der Waals surface area contributed by atoms with E-state index in [9.17, 15) is 13.2 Å². The predicted octanol–water partition coefficient (Wildman–Crippen LogP) is 5.95. The highest BCUT2D eigenvalue weighted by Gasteiger charge is 2.39. The summed E-state index contributed by atoms with van der Waals surface area (Å²) in [5, 5.41) is 3.88. The van der Waals surface area contributed by atoms with Crippen LogP contribution >= 0.6 is 23.2 Å². The Balaban J connectivity index is 1.44. The molecule has 1 aromatic heterocycles. The van der Waals surface area contributed by atoms with Gasteiger partial charge in [-0.3, -0.25) is 14.7 Å². The van der Waals surface area contributed by atoms with Crippen molar-refractivity contribution in [3.05, 3.63) is 94.6 Å². The average molecular weight is 555 g/mol. The minimum atomic E-state index is -3.88. The Morgan fingerprint density at radius 2 is 1.57 bits per heavy atom. The van der Waals surface area contributed by atoms with Crippen LogP contribution in [0.25, 0.3) is 16.9 Å². The van der Waals surface area contributed by atoms with E-state index >= 15 is 0 Å². The molecule has 0 unspecified atom stereocenters. The molecule has 1 fully saturated rings. The van der Waals surface area contributed by atoms with Crippen molar-refractivity contribution in [3.63, 3.8) is 0 Å². The average Bonchev–Trinajstić information content (AvgIpc) is 3.63. The molecule has 0 radical (unpaired) electrons. The van der Waals surface area contributed by atoms with Crippen molar-refractivity contribution < 1.29 is 13.2 Å². The SMILES string of the molecule is Cc1ccc(-n2cc(-c3ccc(Cl)cc3)nc2NC(=O)CN(C2CC2)S(=O)(=O)c2ccc(Cl)cc2)cc1. The molecular formula is C27H24Cl2N4O3S. The van der Waals surface area contributed by atoms with Gasteiger partial charge >= 0.3 is 0 Å². The fourth-order valence-corrected chi connectivity index (χ4v) is 5.84. The van der Waals surface area contributed by atoms with Crippen molar-refractivity contribution in [1.82, 2.24) is 13.9 Å². The summed E-state index contributed by atoms with van der Waals surface area (Å²) in [7, 11) is -3.88. The van der Waals surface area contributed by atoms with Crippen LogP contribution in [0, 0.1) is 6.92 Å². The number of amides is 1. The Morgan fingerprint density at radius 3 is 2.16 bits per heavy atom. The van der Waals surface area contributed by atoms with Crippen molar-refractivity contribution in [3.8, 4) is 16.9 Å². The molecule has 1 aliphatic rings. The number of nitrogens with zero attached hydrogens (tertiary/aromatic N) is 3. The number of nitrogens with one attached hydrogen (secondary N) is 1. The normalized spacial score (nSPS) is 13.6. The van der Waals surface area contributed by atoms with Crippen LogP contribution in [0.1, 0.15) is 18.4 Å². The van der Waals surface area contributed by atoms with E-state index < -0.39 is 15.9 Å². The Labute approximate surface area is 225 Å². The molecule has 37 heavy (non-hydrogen) atoms. The number of anilines is 1. The molecule has 1 amide bonds. The first-order valence-corrected chi connectivity index (χ1v) is 13.9. The van der Waals surface area contributed by atoms with Gasteiger partial charge in [-0.15, -0.1) is 0 Å². The number of benzene rings is 3. The summed E-state index contributed by atoms with van der Waals surface area (Å²) >= 11 is 12.0. The number of hydrogen-bond acceptors (Lipinski definition) is 4. The minimum Gasteiger partial charge on any atom is -0.294 e. The quantitative estimate of drug-likeness (QED) is 0.292. The largest absolute Gasteiger partial charge is 0.294 e. The van der Waals surface area contributed by atoms with Gasteiger partial charge in [0.05, 0.1) is 17.1 Å². The van der Waals surface area contributed by atoms with Crippen molar-refractivity contribution in [2.45, 2.75) is 30.7 Å². The van der Waals surface area contributed by atoms with Gasteiger partial charge in [0.15, 0.2) is 0 Å². The monoisotopic (exact) mass is 554 g/mol. The molecule has 0 atom stereocenters. The molecule has 1 N–H and O–H groups in total. The van der Waals surface area contributed by atoms with E-state index in [0.717, 1.165) is 16.8 Å². The summed E-state index contributed by atoms with van der Waals surface area (Å²) in [6.07, 6.45) is 3.24. The first-order chi connectivity index (χ1) is 17.7. The lowest BCUT2D eigenvalue weighted by atomic mass is 10.2. The van der Waals surface area contributed by atoms with Crippen molar-refractivity contribution >= 4 is 45.1 Å². The number of rotatable bonds is 8. The summed E-state index contributed by atoms with van der Waals surface area (Å²) in [4.78, 5) is 18.0. The van der Waals surface area contributed by atoms with E-state index in [0.29, 0.717) is 34.5 Å². The van der Waals surface area contributed by atoms with Gasteiger partial charge in [-0.1, -0.05) is 53.0 Å². The van der Waals surface area contributed by atoms with Gasteiger partial charge in [0.2, 0.25) is 21.9 Å². The fraction of sp³-hybridized carbons (Fsp3) is 0.185. The second kappa shape index (κ2) is 10.3. The van der Waals surface area contributed by atoms with E-state index in [4.69, 9.17) is 23.2 Å². The lowest BCUT2D eigenvalue weighted by Gasteiger charge is -2.21. The zero-order valence-corrected chi connectivity index (χ0v) is 22.3. The maximum absolute atomic E-state index is 13.3. The topological polar surface area (TPSA) is 84.3 Å². The van der Waals surface area contributed by atoms with E-state index in [2.05, 4.69) is 10.3 Å². The molecule has 0 spiro atoms. The molecule has 0 saturated heterocycles. The molecule has 4 aromatic rings. The number of sulfonamides is 1. The van der Waals surface area contributed by atoms with Crippen LogP contribution in [0.2, 0.25) is 10.0 Å². The molecule has 5 rings (SSSR count). The third-order valence-corrected chi connectivity index (χ3v) is 8.50. The maximum atomic E-state index is 13.3. The second-order valence-corrected chi connectivity index (χ2v) is 11.7. The predicted molar refractivity (Wildman–Crippen MR) is 146 cm³/mol. The van der Waals surface area contributed by atoms with E-state index in [-0.39, 0.29) is 17.5 Å². The number of hydrogen-bond donors (Lipinski definition) is 1. The zero-order chi connectivity index (χ0) is 26.2. The van der Waals surface area contributed by atoms with Gasteiger partial charge in [-0.25, -0.2) is 13.4 Å². The summed E-state index contributed by atoms with van der Waals surface area (Å²) in [6, 6.07) is 20.8. The second-order valence-electron chi connectivity index (χ2n) is 8.95. The molecule has 0 bridgehead atoms. The molecule has 1 saturated carbocycles. The summed E-state index contributed by atoms with van der Waals surface area (Å²) in [6.45, 7) is 1.67. The Hall–Kier alpha value is -3.17. The highest BCUT2D eigenvalue weighted by Crippen LogP contribution is 2.32. The number of imidazole rings is 1. The smallest absolute Gasteiger partial charge is 0.243 e. The Bertz CT molecular complexity index is 1530. The van der Waals surface area contributed by atoms with Gasteiger partial charge in [-0.2, -0.15) is 4.31 Å². The van der Waals surface area contributed by atoms with Gasteiger partial charge in [0, 0.05) is 33.5 Å². The highest BCUT2D eigenvalue weighted by molar-refractivity contribution is 7.89. The molecule has 10 heteroatoms. The molecule has 190 valence electrons. The van der Waals surface area contributed by atoms with Gasteiger partial charge in [0.1, 0.15) is 0 Å². The first kappa shape index (κ1) is 25.5. The third-order valence-electron chi connectivity index (χ3n) is 6.08. The van der Waals surface area contributed by atoms with Gasteiger partial charge in [-0.05, 0) is 68.3 Å². The zero-order valence-electron chi connectivity index (χ0n) is 19.9. The van der Waals surface area contributed by atoms with Gasteiger partial charge in [0.25, 0.3) is 0 Å². The lowest BCUT2D eigenvalue weighted by Crippen LogP contribution is -2.39. The number of aryl methyl sites for hydroxylation is 1. The Morgan fingerprint density at radius 1 is 0.973 bits per heavy atom. The molecular weight excluding hydrogens is 531 g/mol. The van der Waals surface area contributed by atoms with E-state index in [1.807, 2.05) is 49.5 Å². The van der Waals surface area contributed by atoms with E-state index in [1.165, 1.54) is 28.6 Å². The number of aromatic nitrogens is 2. The number of halogens is 2. The fourth-order valence-electron chi connectivity index (χ4n) is 3.95. The van der Waals surface area contributed by atoms with Gasteiger partial charge < -0.3 is 0 Å².